The minimum Gasteiger partial charge on any atom is -0.493 e. The van der Waals surface area contributed by atoms with Crippen molar-refractivity contribution in [2.75, 3.05) is 33.4 Å². The summed E-state index contributed by atoms with van der Waals surface area (Å²) in [6, 6.07) is 14.0. The average Bonchev–Trinajstić information content (AvgIpc) is 3.19. The van der Waals surface area contributed by atoms with Crippen LogP contribution in [0.3, 0.4) is 0 Å². The molecule has 0 aliphatic heterocycles. The van der Waals surface area contributed by atoms with Crippen LogP contribution in [0.5, 0.6) is 11.5 Å². The second kappa shape index (κ2) is 13.1. The molecule has 31 heavy (non-hydrogen) atoms. The van der Waals surface area contributed by atoms with Gasteiger partial charge in [-0.2, -0.15) is 0 Å². The first kappa shape index (κ1) is 24.8. The number of ether oxygens (including phenoxy) is 2. The summed E-state index contributed by atoms with van der Waals surface area (Å²) in [5.41, 5.74) is 3.46. The van der Waals surface area contributed by atoms with Crippen molar-refractivity contribution in [3.63, 3.8) is 0 Å². The molecule has 0 saturated carbocycles. The number of H-pyrrole nitrogens is 1. The number of rotatable bonds is 10. The third-order valence-corrected chi connectivity index (χ3v) is 4.70. The van der Waals surface area contributed by atoms with Crippen molar-refractivity contribution in [2.45, 2.75) is 19.9 Å². The summed E-state index contributed by atoms with van der Waals surface area (Å²) in [5.74, 6) is 2.02. The number of halogens is 1. The third kappa shape index (κ3) is 7.03. The van der Waals surface area contributed by atoms with Crippen molar-refractivity contribution in [3.05, 3.63) is 59.8 Å². The lowest BCUT2D eigenvalue weighted by Crippen LogP contribution is -2.38. The van der Waals surface area contributed by atoms with Gasteiger partial charge in [0, 0.05) is 30.2 Å². The molecule has 0 amide bonds. The van der Waals surface area contributed by atoms with E-state index in [9.17, 15) is 0 Å². The van der Waals surface area contributed by atoms with Gasteiger partial charge in [-0.3, -0.25) is 0 Å². The Kier molecular flexibility index (Phi) is 10.5. The van der Waals surface area contributed by atoms with E-state index in [2.05, 4.69) is 45.0 Å². The molecule has 7 nitrogen and oxygen atoms in total. The summed E-state index contributed by atoms with van der Waals surface area (Å²) >= 11 is 0. The van der Waals surface area contributed by atoms with Crippen LogP contribution in [0.4, 0.5) is 0 Å². The number of aliphatic imine (C=N–C) groups is 1. The van der Waals surface area contributed by atoms with Crippen LogP contribution in [0.25, 0.3) is 10.9 Å². The maximum atomic E-state index is 8.93. The Labute approximate surface area is 200 Å². The van der Waals surface area contributed by atoms with Crippen LogP contribution >= 0.6 is 24.0 Å². The summed E-state index contributed by atoms with van der Waals surface area (Å²) in [4.78, 5) is 8.00. The van der Waals surface area contributed by atoms with E-state index in [1.54, 1.807) is 7.11 Å². The molecule has 0 atom stereocenters. The SMILES string of the molecule is CCNC(=NCc1ccc(OCCO)c(OC)c1)NCCc1c[nH]c2ccccc12.I. The van der Waals surface area contributed by atoms with E-state index >= 15 is 0 Å². The molecule has 2 aromatic carbocycles. The summed E-state index contributed by atoms with van der Waals surface area (Å²) in [5, 5.41) is 16.9. The highest BCUT2D eigenvalue weighted by Gasteiger charge is 2.07. The van der Waals surface area contributed by atoms with E-state index in [1.807, 2.05) is 31.2 Å². The number of para-hydroxylation sites is 1. The summed E-state index contributed by atoms with van der Waals surface area (Å²) in [7, 11) is 1.60. The summed E-state index contributed by atoms with van der Waals surface area (Å²) < 4.78 is 10.9. The molecule has 1 aromatic heterocycles. The fourth-order valence-electron chi connectivity index (χ4n) is 3.25. The van der Waals surface area contributed by atoms with Gasteiger partial charge in [0.1, 0.15) is 6.61 Å². The Morgan fingerprint density at radius 3 is 2.74 bits per heavy atom. The van der Waals surface area contributed by atoms with E-state index in [-0.39, 0.29) is 37.2 Å². The van der Waals surface area contributed by atoms with Gasteiger partial charge in [-0.25, -0.2) is 4.99 Å². The molecule has 0 bridgehead atoms. The number of aliphatic hydroxyl groups excluding tert-OH is 1. The Balaban J connectivity index is 0.00000341. The van der Waals surface area contributed by atoms with Gasteiger partial charge >= 0.3 is 0 Å². The van der Waals surface area contributed by atoms with E-state index < -0.39 is 0 Å². The lowest BCUT2D eigenvalue weighted by Gasteiger charge is -2.13. The van der Waals surface area contributed by atoms with Gasteiger partial charge in [0.25, 0.3) is 0 Å². The van der Waals surface area contributed by atoms with Gasteiger partial charge in [0.15, 0.2) is 17.5 Å². The van der Waals surface area contributed by atoms with Crippen LogP contribution in [0.2, 0.25) is 0 Å². The van der Waals surface area contributed by atoms with Crippen LogP contribution < -0.4 is 20.1 Å². The molecule has 0 saturated heterocycles. The highest BCUT2D eigenvalue weighted by atomic mass is 127. The number of fused-ring (bicyclic) bond motifs is 1. The summed E-state index contributed by atoms with van der Waals surface area (Å²) in [6.07, 6.45) is 2.97. The van der Waals surface area contributed by atoms with E-state index in [4.69, 9.17) is 14.6 Å². The molecule has 0 fully saturated rings. The standard InChI is InChI=1S/C23H30N4O3.HI/c1-3-24-23(25-11-10-18-16-26-20-7-5-4-6-19(18)20)27-15-17-8-9-21(30-13-12-28)22(14-17)29-2;/h4-9,14,16,26,28H,3,10-13,15H2,1-2H3,(H2,24,25,27);1H. The molecule has 3 aromatic rings. The molecular weight excluding hydrogens is 507 g/mol. The largest absolute Gasteiger partial charge is 0.493 e. The van der Waals surface area contributed by atoms with Crippen molar-refractivity contribution >= 4 is 40.8 Å². The number of methoxy groups -OCH3 is 1. The van der Waals surface area contributed by atoms with Crippen molar-refractivity contribution in [3.8, 4) is 11.5 Å². The molecule has 0 aliphatic carbocycles. The number of benzene rings is 2. The second-order valence-electron chi connectivity index (χ2n) is 6.79. The first-order valence-electron chi connectivity index (χ1n) is 10.2. The molecule has 8 heteroatoms. The Hall–Kier alpha value is -2.46. The van der Waals surface area contributed by atoms with Crippen molar-refractivity contribution in [2.24, 2.45) is 4.99 Å². The van der Waals surface area contributed by atoms with Crippen molar-refractivity contribution < 1.29 is 14.6 Å². The Morgan fingerprint density at radius 2 is 1.97 bits per heavy atom. The van der Waals surface area contributed by atoms with Gasteiger partial charge < -0.3 is 30.2 Å². The lowest BCUT2D eigenvalue weighted by molar-refractivity contribution is 0.196. The zero-order valence-corrected chi connectivity index (χ0v) is 20.3. The number of hydrogen-bond acceptors (Lipinski definition) is 4. The minimum absolute atomic E-state index is 0. The van der Waals surface area contributed by atoms with E-state index in [1.165, 1.54) is 10.9 Å². The Bertz CT molecular complexity index is 974. The number of nitrogens with zero attached hydrogens (tertiary/aromatic N) is 1. The van der Waals surface area contributed by atoms with Crippen LogP contribution in [-0.4, -0.2) is 49.5 Å². The second-order valence-corrected chi connectivity index (χ2v) is 6.79. The number of hydrogen-bond donors (Lipinski definition) is 4. The van der Waals surface area contributed by atoms with Crippen LogP contribution in [0.15, 0.2) is 53.7 Å². The molecule has 0 radical (unpaired) electrons. The lowest BCUT2D eigenvalue weighted by atomic mass is 10.1. The first-order valence-corrected chi connectivity index (χ1v) is 10.2. The molecule has 0 spiro atoms. The topological polar surface area (TPSA) is 90.9 Å². The highest BCUT2D eigenvalue weighted by molar-refractivity contribution is 14.0. The minimum atomic E-state index is -0.0362. The van der Waals surface area contributed by atoms with E-state index in [0.29, 0.717) is 18.0 Å². The normalized spacial score (nSPS) is 11.1. The number of aliphatic hydroxyl groups is 1. The molecule has 1 heterocycles. The smallest absolute Gasteiger partial charge is 0.191 e. The van der Waals surface area contributed by atoms with Gasteiger partial charge in [-0.15, -0.1) is 24.0 Å². The van der Waals surface area contributed by atoms with Crippen LogP contribution in [0, 0.1) is 0 Å². The fourth-order valence-corrected chi connectivity index (χ4v) is 3.25. The predicted octanol–water partition coefficient (Wildman–Crippen LogP) is 3.46. The van der Waals surface area contributed by atoms with Gasteiger partial charge in [-0.1, -0.05) is 24.3 Å². The van der Waals surface area contributed by atoms with Gasteiger partial charge in [-0.05, 0) is 42.7 Å². The maximum Gasteiger partial charge on any atom is 0.191 e. The van der Waals surface area contributed by atoms with E-state index in [0.717, 1.165) is 36.6 Å². The predicted molar refractivity (Wildman–Crippen MR) is 136 cm³/mol. The first-order chi connectivity index (χ1) is 14.7. The molecule has 3 rings (SSSR count). The maximum absolute atomic E-state index is 8.93. The van der Waals surface area contributed by atoms with Gasteiger partial charge in [0.2, 0.25) is 0 Å². The number of aromatic amines is 1. The molecule has 168 valence electrons. The number of aromatic nitrogens is 1. The highest BCUT2D eigenvalue weighted by Crippen LogP contribution is 2.28. The van der Waals surface area contributed by atoms with Gasteiger partial charge in [0.05, 0.1) is 20.3 Å². The van der Waals surface area contributed by atoms with Crippen LogP contribution in [-0.2, 0) is 13.0 Å². The Morgan fingerprint density at radius 1 is 1.13 bits per heavy atom. The zero-order valence-electron chi connectivity index (χ0n) is 18.0. The van der Waals surface area contributed by atoms with Crippen molar-refractivity contribution in [1.29, 1.82) is 0 Å². The average molecular weight is 538 g/mol. The van der Waals surface area contributed by atoms with Crippen LogP contribution in [0.1, 0.15) is 18.1 Å². The third-order valence-electron chi connectivity index (χ3n) is 4.70. The monoisotopic (exact) mass is 538 g/mol. The molecule has 0 unspecified atom stereocenters. The molecule has 4 N–H and O–H groups in total. The van der Waals surface area contributed by atoms with Crippen molar-refractivity contribution in [1.82, 2.24) is 15.6 Å². The zero-order chi connectivity index (χ0) is 21.2. The molecule has 0 aliphatic rings. The number of guanidine groups is 1. The molecular formula is C23H31IN4O3. The summed E-state index contributed by atoms with van der Waals surface area (Å²) in [6.45, 7) is 4.33. The fraction of sp³-hybridized carbons (Fsp3) is 0.348. The quantitative estimate of drug-likeness (QED) is 0.180. The number of nitrogens with one attached hydrogen (secondary N) is 3.